The Balaban J connectivity index is 2.04. The smallest absolute Gasteiger partial charge is 0.371 e. The molecule has 0 aromatic carbocycles. The minimum Gasteiger partial charge on any atom is -0.475 e. The van der Waals surface area contributed by atoms with Gasteiger partial charge in [0.25, 0.3) is 0 Å². The van der Waals surface area contributed by atoms with Crippen LogP contribution in [0.15, 0.2) is 16.5 Å². The maximum Gasteiger partial charge on any atom is 0.371 e. The average molecular weight is 239 g/mol. The van der Waals surface area contributed by atoms with Gasteiger partial charge in [-0.15, -0.1) is 0 Å². The summed E-state index contributed by atoms with van der Waals surface area (Å²) in [6, 6.07) is 3.31. The predicted molar refractivity (Wildman–Crippen MR) is 61.1 cm³/mol. The number of hydrogen-bond donors (Lipinski definition) is 1. The number of furan rings is 1. The zero-order valence-corrected chi connectivity index (χ0v) is 10.0. The zero-order chi connectivity index (χ0) is 12.4. The van der Waals surface area contributed by atoms with E-state index in [2.05, 4.69) is 4.90 Å². The van der Waals surface area contributed by atoms with Gasteiger partial charge < -0.3 is 14.3 Å². The second-order valence-electron chi connectivity index (χ2n) is 4.32. The first-order chi connectivity index (χ1) is 8.11. The largest absolute Gasteiger partial charge is 0.475 e. The van der Waals surface area contributed by atoms with Crippen LogP contribution in [0.25, 0.3) is 0 Å². The molecule has 1 aliphatic rings. The molecule has 1 aliphatic heterocycles. The summed E-state index contributed by atoms with van der Waals surface area (Å²) in [4.78, 5) is 13.0. The number of carboxylic acids is 1. The first kappa shape index (κ1) is 12.1. The molecule has 0 saturated carbocycles. The summed E-state index contributed by atoms with van der Waals surface area (Å²) in [6.07, 6.45) is 1.28. The highest BCUT2D eigenvalue weighted by atomic mass is 16.5. The van der Waals surface area contributed by atoms with E-state index in [4.69, 9.17) is 14.3 Å². The number of aromatic carboxylic acids is 1. The lowest BCUT2D eigenvalue weighted by Gasteiger charge is -2.22. The lowest BCUT2D eigenvalue weighted by molar-refractivity contribution is 0.0654. The fourth-order valence-electron chi connectivity index (χ4n) is 2.17. The molecule has 5 nitrogen and oxygen atoms in total. The summed E-state index contributed by atoms with van der Waals surface area (Å²) in [6.45, 7) is 3.83. The molecule has 2 unspecified atom stereocenters. The molecule has 1 aromatic rings. The van der Waals surface area contributed by atoms with Crippen LogP contribution in [0.2, 0.25) is 0 Å². The fraction of sp³-hybridized carbons (Fsp3) is 0.583. The quantitative estimate of drug-likeness (QED) is 0.867. The maximum absolute atomic E-state index is 10.7. The van der Waals surface area contributed by atoms with Crippen LogP contribution >= 0.6 is 0 Å². The van der Waals surface area contributed by atoms with Gasteiger partial charge in [-0.3, -0.25) is 4.90 Å². The van der Waals surface area contributed by atoms with E-state index in [-0.39, 0.29) is 17.9 Å². The summed E-state index contributed by atoms with van der Waals surface area (Å²) in [5.74, 6) is -0.340. The van der Waals surface area contributed by atoms with Gasteiger partial charge in [-0.05, 0) is 25.5 Å². The van der Waals surface area contributed by atoms with E-state index in [1.807, 2.05) is 6.92 Å². The van der Waals surface area contributed by atoms with Gasteiger partial charge in [0.1, 0.15) is 5.76 Å². The molecule has 2 atom stereocenters. The normalized spacial score (nSPS) is 22.8. The Morgan fingerprint density at radius 2 is 2.41 bits per heavy atom. The summed E-state index contributed by atoms with van der Waals surface area (Å²) >= 11 is 0. The van der Waals surface area contributed by atoms with Crippen molar-refractivity contribution in [3.63, 3.8) is 0 Å². The third kappa shape index (κ3) is 2.50. The maximum atomic E-state index is 10.7. The van der Waals surface area contributed by atoms with E-state index in [1.54, 1.807) is 13.2 Å². The SMILES string of the molecule is COC1CCN(C(C)c2ccc(C(=O)O)o2)C1. The summed E-state index contributed by atoms with van der Waals surface area (Å²) in [5, 5.41) is 8.80. The van der Waals surface area contributed by atoms with Crippen molar-refractivity contribution in [1.29, 1.82) is 0 Å². The van der Waals surface area contributed by atoms with E-state index in [0.717, 1.165) is 19.5 Å². The molecule has 1 fully saturated rings. The van der Waals surface area contributed by atoms with Crippen LogP contribution in [-0.4, -0.2) is 42.3 Å². The number of carbonyl (C=O) groups is 1. The number of hydrogen-bond acceptors (Lipinski definition) is 4. The molecule has 1 N–H and O–H groups in total. The Kier molecular flexibility index (Phi) is 3.49. The summed E-state index contributed by atoms with van der Waals surface area (Å²) in [5.41, 5.74) is 0. The number of carboxylic acid groups (broad SMARTS) is 1. The van der Waals surface area contributed by atoms with Gasteiger partial charge in [0.15, 0.2) is 0 Å². The topological polar surface area (TPSA) is 62.9 Å². The van der Waals surface area contributed by atoms with Crippen LogP contribution in [0.5, 0.6) is 0 Å². The van der Waals surface area contributed by atoms with Gasteiger partial charge in [-0.1, -0.05) is 0 Å². The molecule has 17 heavy (non-hydrogen) atoms. The van der Waals surface area contributed by atoms with Crippen LogP contribution in [0.4, 0.5) is 0 Å². The highest BCUT2D eigenvalue weighted by Gasteiger charge is 2.28. The molecule has 1 saturated heterocycles. The van der Waals surface area contributed by atoms with Gasteiger partial charge in [0.05, 0.1) is 12.1 Å². The Labute approximate surface area is 100.0 Å². The Bertz CT molecular complexity index is 401. The van der Waals surface area contributed by atoms with Crippen molar-refractivity contribution in [3.05, 3.63) is 23.7 Å². The van der Waals surface area contributed by atoms with Crippen molar-refractivity contribution in [2.75, 3.05) is 20.2 Å². The minimum absolute atomic E-state index is 0.00524. The number of likely N-dealkylation sites (tertiary alicyclic amines) is 1. The van der Waals surface area contributed by atoms with Gasteiger partial charge in [0.2, 0.25) is 5.76 Å². The molecule has 5 heteroatoms. The second kappa shape index (κ2) is 4.89. The average Bonchev–Trinajstić information content (AvgIpc) is 2.97. The first-order valence-electron chi connectivity index (χ1n) is 5.71. The molecular weight excluding hydrogens is 222 g/mol. The minimum atomic E-state index is -1.03. The number of nitrogens with zero attached hydrogens (tertiary/aromatic N) is 1. The van der Waals surface area contributed by atoms with Gasteiger partial charge in [-0.2, -0.15) is 0 Å². The zero-order valence-electron chi connectivity index (χ0n) is 10.0. The van der Waals surface area contributed by atoms with E-state index >= 15 is 0 Å². The molecule has 2 rings (SSSR count). The lowest BCUT2D eigenvalue weighted by Crippen LogP contribution is -2.25. The standard InChI is InChI=1S/C12H17NO4/c1-8(13-6-5-9(7-13)16-2)10-3-4-11(17-10)12(14)15/h3-4,8-9H,5-7H2,1-2H3,(H,14,15). The van der Waals surface area contributed by atoms with Crippen molar-refractivity contribution in [2.24, 2.45) is 0 Å². The van der Waals surface area contributed by atoms with Crippen molar-refractivity contribution < 1.29 is 19.1 Å². The predicted octanol–water partition coefficient (Wildman–Crippen LogP) is 1.76. The lowest BCUT2D eigenvalue weighted by atomic mass is 10.2. The Morgan fingerprint density at radius 3 is 2.94 bits per heavy atom. The van der Waals surface area contributed by atoms with E-state index < -0.39 is 5.97 Å². The third-order valence-electron chi connectivity index (χ3n) is 3.31. The van der Waals surface area contributed by atoms with E-state index in [0.29, 0.717) is 5.76 Å². The fourth-order valence-corrected chi connectivity index (χ4v) is 2.17. The van der Waals surface area contributed by atoms with Crippen molar-refractivity contribution in [1.82, 2.24) is 4.90 Å². The van der Waals surface area contributed by atoms with Crippen LogP contribution < -0.4 is 0 Å². The molecule has 0 spiro atoms. The van der Waals surface area contributed by atoms with Crippen LogP contribution in [0, 0.1) is 0 Å². The molecule has 0 aliphatic carbocycles. The van der Waals surface area contributed by atoms with Gasteiger partial charge in [-0.25, -0.2) is 4.79 Å². The monoisotopic (exact) mass is 239 g/mol. The first-order valence-corrected chi connectivity index (χ1v) is 5.71. The molecule has 2 heterocycles. The molecule has 0 bridgehead atoms. The van der Waals surface area contributed by atoms with E-state index in [1.165, 1.54) is 6.07 Å². The van der Waals surface area contributed by atoms with Gasteiger partial charge in [0, 0.05) is 20.2 Å². The highest BCUT2D eigenvalue weighted by molar-refractivity contribution is 5.84. The molecule has 1 aromatic heterocycles. The molecule has 0 radical (unpaired) electrons. The highest BCUT2D eigenvalue weighted by Crippen LogP contribution is 2.26. The van der Waals surface area contributed by atoms with Crippen molar-refractivity contribution >= 4 is 5.97 Å². The third-order valence-corrected chi connectivity index (χ3v) is 3.31. The van der Waals surface area contributed by atoms with Crippen LogP contribution in [0.3, 0.4) is 0 Å². The second-order valence-corrected chi connectivity index (χ2v) is 4.32. The summed E-state index contributed by atoms with van der Waals surface area (Å²) in [7, 11) is 1.72. The van der Waals surface area contributed by atoms with Crippen molar-refractivity contribution in [3.8, 4) is 0 Å². The van der Waals surface area contributed by atoms with E-state index in [9.17, 15) is 4.79 Å². The number of ether oxygens (including phenoxy) is 1. The Hall–Kier alpha value is -1.33. The van der Waals surface area contributed by atoms with Crippen LogP contribution in [-0.2, 0) is 4.74 Å². The number of rotatable bonds is 4. The van der Waals surface area contributed by atoms with Crippen LogP contribution in [0.1, 0.15) is 35.7 Å². The Morgan fingerprint density at radius 1 is 1.65 bits per heavy atom. The van der Waals surface area contributed by atoms with Crippen molar-refractivity contribution in [2.45, 2.75) is 25.5 Å². The molecule has 0 amide bonds. The number of methoxy groups -OCH3 is 1. The summed E-state index contributed by atoms with van der Waals surface area (Å²) < 4.78 is 10.6. The van der Waals surface area contributed by atoms with Gasteiger partial charge >= 0.3 is 5.97 Å². The molecule has 94 valence electrons. The molecular formula is C12H17NO4.